The van der Waals surface area contributed by atoms with E-state index in [2.05, 4.69) is 33.4 Å². The molecule has 0 aromatic heterocycles. The molecule has 0 aliphatic carbocycles. The molecule has 0 saturated carbocycles. The molecule has 8 heteroatoms. The highest BCUT2D eigenvalue weighted by molar-refractivity contribution is 5.96. The first-order valence-corrected chi connectivity index (χ1v) is 8.36. The van der Waals surface area contributed by atoms with E-state index < -0.39 is 0 Å². The van der Waals surface area contributed by atoms with Gasteiger partial charge in [-0.15, -0.1) is 37.2 Å². The van der Waals surface area contributed by atoms with Crippen LogP contribution in [-0.2, 0) is 4.79 Å². The second-order valence-corrected chi connectivity index (χ2v) is 6.12. The van der Waals surface area contributed by atoms with Crippen LogP contribution in [0.1, 0.15) is 13.3 Å². The molecule has 144 valence electrons. The normalized spacial score (nSPS) is 20.0. The van der Waals surface area contributed by atoms with E-state index in [1.165, 1.54) is 0 Å². The van der Waals surface area contributed by atoms with Crippen molar-refractivity contribution in [1.82, 2.24) is 10.2 Å². The summed E-state index contributed by atoms with van der Waals surface area (Å²) >= 11 is 0. The summed E-state index contributed by atoms with van der Waals surface area (Å²) in [6.45, 7) is 9.27. The lowest BCUT2D eigenvalue weighted by molar-refractivity contribution is -0.119. The van der Waals surface area contributed by atoms with Gasteiger partial charge in [0.05, 0.1) is 17.3 Å². The number of para-hydroxylation sites is 2. The van der Waals surface area contributed by atoms with Crippen molar-refractivity contribution in [2.24, 2.45) is 5.92 Å². The van der Waals surface area contributed by atoms with E-state index in [0.717, 1.165) is 63.6 Å². The third-order valence-electron chi connectivity index (χ3n) is 4.75. The average molecular weight is 412 g/mol. The van der Waals surface area contributed by atoms with Gasteiger partial charge in [-0.1, -0.05) is 19.1 Å². The molecule has 1 aromatic carbocycles. The van der Waals surface area contributed by atoms with Gasteiger partial charge in [0.15, 0.2) is 0 Å². The van der Waals surface area contributed by atoms with Gasteiger partial charge in [-0.05, 0) is 31.6 Å². The molecule has 3 rings (SSSR count). The molecule has 2 fully saturated rings. The summed E-state index contributed by atoms with van der Waals surface area (Å²) in [5.41, 5.74) is 2.10. The lowest BCUT2D eigenvalue weighted by Crippen LogP contribution is -2.46. The molecule has 2 aliphatic rings. The highest BCUT2D eigenvalue weighted by Crippen LogP contribution is 2.27. The Bertz CT molecular complexity index is 518. The number of nitrogens with one attached hydrogen (secondary N) is 2. The maximum Gasteiger partial charge on any atom is 0.228 e. The maximum atomic E-state index is 12.4. The van der Waals surface area contributed by atoms with Crippen molar-refractivity contribution in [3.8, 4) is 0 Å². The van der Waals surface area contributed by atoms with Crippen LogP contribution in [0.2, 0.25) is 0 Å². The molecule has 25 heavy (non-hydrogen) atoms. The SMILES string of the molecule is CCN1CCN(c2ccccc2NC(=O)C2CCNC2)CC1.Cl.Cl.Cl. The molecule has 0 spiro atoms. The molecule has 2 aliphatic heterocycles. The number of anilines is 2. The Morgan fingerprint density at radius 1 is 1.16 bits per heavy atom. The number of carbonyl (C=O) groups is 1. The third kappa shape index (κ3) is 6.19. The number of hydrogen-bond acceptors (Lipinski definition) is 4. The first-order valence-electron chi connectivity index (χ1n) is 8.36. The van der Waals surface area contributed by atoms with E-state index in [1.54, 1.807) is 0 Å². The number of amides is 1. The fourth-order valence-corrected chi connectivity index (χ4v) is 3.27. The van der Waals surface area contributed by atoms with Gasteiger partial charge in [-0.3, -0.25) is 4.79 Å². The summed E-state index contributed by atoms with van der Waals surface area (Å²) < 4.78 is 0. The molecular weight excluding hydrogens is 383 g/mol. The standard InChI is InChI=1S/C17H26N4O.3ClH/c1-2-20-9-11-21(12-10-20)16-6-4-3-5-15(16)19-17(22)14-7-8-18-13-14;;;/h3-6,14,18H,2,7-13H2,1H3,(H,19,22);3*1H. The van der Waals surface area contributed by atoms with E-state index >= 15 is 0 Å². The molecule has 2 saturated heterocycles. The summed E-state index contributed by atoms with van der Waals surface area (Å²) in [5, 5.41) is 6.39. The summed E-state index contributed by atoms with van der Waals surface area (Å²) in [4.78, 5) is 17.2. The number of hydrogen-bond donors (Lipinski definition) is 2. The Morgan fingerprint density at radius 2 is 1.84 bits per heavy atom. The topological polar surface area (TPSA) is 47.6 Å². The number of rotatable bonds is 4. The van der Waals surface area contributed by atoms with Gasteiger partial charge in [0.1, 0.15) is 0 Å². The van der Waals surface area contributed by atoms with Crippen LogP contribution >= 0.6 is 37.2 Å². The minimum atomic E-state index is 0. The van der Waals surface area contributed by atoms with Crippen LogP contribution in [0.25, 0.3) is 0 Å². The van der Waals surface area contributed by atoms with E-state index in [9.17, 15) is 4.79 Å². The number of piperazine rings is 1. The van der Waals surface area contributed by atoms with Gasteiger partial charge < -0.3 is 20.4 Å². The van der Waals surface area contributed by atoms with Crippen LogP contribution < -0.4 is 15.5 Å². The molecule has 1 aromatic rings. The smallest absolute Gasteiger partial charge is 0.228 e. The van der Waals surface area contributed by atoms with E-state index in [4.69, 9.17) is 0 Å². The van der Waals surface area contributed by atoms with Crippen molar-refractivity contribution in [1.29, 1.82) is 0 Å². The van der Waals surface area contributed by atoms with E-state index in [-0.39, 0.29) is 49.0 Å². The lowest BCUT2D eigenvalue weighted by atomic mass is 10.1. The molecule has 1 atom stereocenters. The van der Waals surface area contributed by atoms with Crippen LogP contribution in [0.3, 0.4) is 0 Å². The van der Waals surface area contributed by atoms with Crippen molar-refractivity contribution in [3.05, 3.63) is 24.3 Å². The van der Waals surface area contributed by atoms with Crippen molar-refractivity contribution in [2.45, 2.75) is 13.3 Å². The summed E-state index contributed by atoms with van der Waals surface area (Å²) in [7, 11) is 0. The largest absolute Gasteiger partial charge is 0.367 e. The van der Waals surface area contributed by atoms with Crippen molar-refractivity contribution in [3.63, 3.8) is 0 Å². The van der Waals surface area contributed by atoms with E-state index in [1.807, 2.05) is 18.2 Å². The molecule has 2 heterocycles. The molecular formula is C17H29Cl3N4O. The zero-order valence-corrected chi connectivity index (χ0v) is 17.0. The molecule has 1 unspecified atom stereocenters. The fourth-order valence-electron chi connectivity index (χ4n) is 3.27. The van der Waals surface area contributed by atoms with Crippen molar-refractivity contribution in [2.75, 3.05) is 56.0 Å². The zero-order chi connectivity index (χ0) is 15.4. The van der Waals surface area contributed by atoms with Gasteiger partial charge in [0.25, 0.3) is 0 Å². The highest BCUT2D eigenvalue weighted by Gasteiger charge is 2.24. The quantitative estimate of drug-likeness (QED) is 0.799. The maximum absolute atomic E-state index is 12.4. The Hall–Kier alpha value is -0.720. The zero-order valence-electron chi connectivity index (χ0n) is 14.6. The molecule has 0 bridgehead atoms. The van der Waals surface area contributed by atoms with Gasteiger partial charge in [0.2, 0.25) is 5.91 Å². The third-order valence-corrected chi connectivity index (χ3v) is 4.75. The Balaban J connectivity index is 0.00000192. The number of halogens is 3. The van der Waals surface area contributed by atoms with Gasteiger partial charge in [-0.2, -0.15) is 0 Å². The molecule has 5 nitrogen and oxygen atoms in total. The molecule has 2 N–H and O–H groups in total. The van der Waals surface area contributed by atoms with Gasteiger partial charge in [0, 0.05) is 32.7 Å². The van der Waals surface area contributed by atoms with Crippen LogP contribution in [0.4, 0.5) is 11.4 Å². The number of nitrogens with zero attached hydrogens (tertiary/aromatic N) is 2. The number of carbonyl (C=O) groups excluding carboxylic acids is 1. The predicted octanol–water partition coefficient (Wildman–Crippen LogP) is 2.64. The minimum Gasteiger partial charge on any atom is -0.367 e. The Kier molecular flexibility index (Phi) is 11.5. The molecule has 0 radical (unpaired) electrons. The second-order valence-electron chi connectivity index (χ2n) is 6.12. The average Bonchev–Trinajstić information content (AvgIpc) is 3.10. The highest BCUT2D eigenvalue weighted by atomic mass is 35.5. The summed E-state index contributed by atoms with van der Waals surface area (Å²) in [5.74, 6) is 0.245. The Morgan fingerprint density at radius 3 is 2.44 bits per heavy atom. The van der Waals surface area contributed by atoms with Crippen LogP contribution in [0, 0.1) is 5.92 Å². The number of likely N-dealkylation sites (N-methyl/N-ethyl adjacent to an activating group) is 1. The summed E-state index contributed by atoms with van der Waals surface area (Å²) in [6.07, 6.45) is 0.934. The minimum absolute atomic E-state index is 0. The van der Waals surface area contributed by atoms with E-state index in [0.29, 0.717) is 0 Å². The Labute approximate surface area is 169 Å². The first kappa shape index (κ1) is 24.3. The first-order chi connectivity index (χ1) is 10.8. The molecule has 1 amide bonds. The lowest BCUT2D eigenvalue weighted by Gasteiger charge is -2.36. The van der Waals surface area contributed by atoms with Crippen LogP contribution in [0.15, 0.2) is 24.3 Å². The van der Waals surface area contributed by atoms with Crippen LogP contribution in [-0.4, -0.2) is 56.6 Å². The van der Waals surface area contributed by atoms with Gasteiger partial charge in [-0.25, -0.2) is 0 Å². The monoisotopic (exact) mass is 410 g/mol. The number of benzene rings is 1. The fraction of sp³-hybridized carbons (Fsp3) is 0.588. The van der Waals surface area contributed by atoms with Gasteiger partial charge >= 0.3 is 0 Å². The van der Waals surface area contributed by atoms with Crippen molar-refractivity contribution < 1.29 is 4.79 Å². The van der Waals surface area contributed by atoms with Crippen molar-refractivity contribution >= 4 is 54.5 Å². The predicted molar refractivity (Wildman–Crippen MR) is 112 cm³/mol. The van der Waals surface area contributed by atoms with Crippen LogP contribution in [0.5, 0.6) is 0 Å². The summed E-state index contributed by atoms with van der Waals surface area (Å²) in [6, 6.07) is 8.18. The second kappa shape index (κ2) is 11.8.